The highest BCUT2D eigenvalue weighted by Crippen LogP contribution is 2.40. The zero-order valence-electron chi connectivity index (χ0n) is 17.3. The molecule has 0 radical (unpaired) electrons. The lowest BCUT2D eigenvalue weighted by Gasteiger charge is -2.38. The normalized spacial score (nSPS) is 16.6. The van der Waals surface area contributed by atoms with Gasteiger partial charge in [0.15, 0.2) is 10.9 Å². The van der Waals surface area contributed by atoms with E-state index in [2.05, 4.69) is 17.4 Å². The molecular weight excluding hydrogens is 392 g/mol. The summed E-state index contributed by atoms with van der Waals surface area (Å²) in [5.41, 5.74) is 3.13. The number of methoxy groups -OCH3 is 1. The van der Waals surface area contributed by atoms with Crippen LogP contribution in [0.1, 0.15) is 35.8 Å². The second-order valence-electron chi connectivity index (χ2n) is 7.22. The highest BCUT2D eigenvalue weighted by atomic mass is 32.1. The molecule has 1 atom stereocenters. The number of nitrogens with zero attached hydrogens (tertiary/aromatic N) is 1. The third kappa shape index (κ3) is 3.35. The van der Waals surface area contributed by atoms with Crippen molar-refractivity contribution in [2.24, 2.45) is 0 Å². The number of ether oxygens (including phenoxy) is 1. The van der Waals surface area contributed by atoms with Crippen LogP contribution in [0.15, 0.2) is 78.0 Å². The number of allylic oxidation sites excluding steroid dienone is 1. The topological polar surface area (TPSA) is 41.6 Å². The summed E-state index contributed by atoms with van der Waals surface area (Å²) >= 11 is 5.67. The maximum atomic E-state index is 13.7. The molecule has 1 aliphatic rings. The van der Waals surface area contributed by atoms with Crippen LogP contribution in [0.3, 0.4) is 0 Å². The fraction of sp³-hybridized carbons (Fsp3) is 0.200. The maximum absolute atomic E-state index is 13.7. The second kappa shape index (κ2) is 8.28. The Hall–Kier alpha value is -3.18. The molecule has 1 N–H and O–H groups in total. The molecule has 0 saturated carbocycles. The Morgan fingerprint density at radius 1 is 1.07 bits per heavy atom. The summed E-state index contributed by atoms with van der Waals surface area (Å²) < 4.78 is 5.73. The molecule has 0 fully saturated rings. The number of benzene rings is 3. The van der Waals surface area contributed by atoms with E-state index in [4.69, 9.17) is 17.0 Å². The summed E-state index contributed by atoms with van der Waals surface area (Å²) in [7, 11) is 1.66. The van der Waals surface area contributed by atoms with E-state index in [0.29, 0.717) is 22.8 Å². The number of Topliss-reactive ketones (excluding diaryl/α,β-unsaturated/α-hetero) is 1. The lowest BCUT2D eigenvalue weighted by Crippen LogP contribution is -2.47. The zero-order valence-corrected chi connectivity index (χ0v) is 18.1. The van der Waals surface area contributed by atoms with E-state index in [1.165, 1.54) is 0 Å². The van der Waals surface area contributed by atoms with Gasteiger partial charge in [-0.1, -0.05) is 60.7 Å². The van der Waals surface area contributed by atoms with Crippen molar-refractivity contribution in [1.29, 1.82) is 0 Å². The number of rotatable bonds is 5. The third-order valence-corrected chi connectivity index (χ3v) is 5.97. The molecule has 0 aromatic heterocycles. The predicted octanol–water partition coefficient (Wildman–Crippen LogP) is 5.26. The number of fused-ring (bicyclic) bond motifs is 1. The molecule has 0 amide bonds. The SMILES string of the molecule is CCN1C(=S)NC(c2c(OC)ccc3ccccc23)C(C(=O)c2ccccc2)=C1C. The van der Waals surface area contributed by atoms with Gasteiger partial charge in [0.05, 0.1) is 13.2 Å². The van der Waals surface area contributed by atoms with Gasteiger partial charge in [0.1, 0.15) is 5.75 Å². The van der Waals surface area contributed by atoms with E-state index >= 15 is 0 Å². The van der Waals surface area contributed by atoms with Gasteiger partial charge in [-0.25, -0.2) is 0 Å². The Bertz CT molecular complexity index is 1150. The van der Waals surface area contributed by atoms with Crippen molar-refractivity contribution >= 4 is 33.9 Å². The first kappa shape index (κ1) is 20.1. The van der Waals surface area contributed by atoms with E-state index in [0.717, 1.165) is 27.8 Å². The van der Waals surface area contributed by atoms with Crippen LogP contribution >= 0.6 is 12.2 Å². The highest BCUT2D eigenvalue weighted by molar-refractivity contribution is 7.80. The number of carbonyl (C=O) groups excluding carboxylic acids is 1. The predicted molar refractivity (Wildman–Crippen MR) is 125 cm³/mol. The lowest BCUT2D eigenvalue weighted by atomic mass is 9.86. The molecule has 5 heteroatoms. The van der Waals surface area contributed by atoms with E-state index < -0.39 is 6.04 Å². The van der Waals surface area contributed by atoms with Gasteiger partial charge in [-0.3, -0.25) is 4.79 Å². The molecule has 1 unspecified atom stereocenters. The van der Waals surface area contributed by atoms with Crippen LogP contribution in [0.2, 0.25) is 0 Å². The number of nitrogens with one attached hydrogen (secondary N) is 1. The van der Waals surface area contributed by atoms with Crippen LogP contribution in [-0.4, -0.2) is 29.5 Å². The van der Waals surface area contributed by atoms with Gasteiger partial charge in [-0.15, -0.1) is 0 Å². The summed E-state index contributed by atoms with van der Waals surface area (Å²) in [6.45, 7) is 4.68. The Labute approximate surface area is 182 Å². The monoisotopic (exact) mass is 416 g/mol. The van der Waals surface area contributed by atoms with Gasteiger partial charge < -0.3 is 15.0 Å². The number of thiocarbonyl (C=S) groups is 1. The molecule has 3 aromatic rings. The third-order valence-electron chi connectivity index (χ3n) is 5.63. The molecule has 0 bridgehead atoms. The molecule has 1 heterocycles. The molecule has 0 aliphatic carbocycles. The summed E-state index contributed by atoms with van der Waals surface area (Å²) in [4.78, 5) is 15.7. The van der Waals surface area contributed by atoms with Crippen molar-refractivity contribution in [2.75, 3.05) is 13.7 Å². The number of ketones is 1. The number of hydrogen-bond donors (Lipinski definition) is 1. The first-order chi connectivity index (χ1) is 14.6. The minimum absolute atomic E-state index is 0.0125. The first-order valence-electron chi connectivity index (χ1n) is 10.0. The number of carbonyl (C=O) groups is 1. The summed E-state index contributed by atoms with van der Waals surface area (Å²) in [6, 6.07) is 21.1. The van der Waals surface area contributed by atoms with Crippen LogP contribution in [0.25, 0.3) is 10.8 Å². The van der Waals surface area contributed by atoms with Gasteiger partial charge in [0.2, 0.25) is 0 Å². The molecule has 0 spiro atoms. The molecule has 1 aliphatic heterocycles. The maximum Gasteiger partial charge on any atom is 0.193 e. The molecule has 3 aromatic carbocycles. The number of hydrogen-bond acceptors (Lipinski definition) is 3. The van der Waals surface area contributed by atoms with E-state index in [-0.39, 0.29) is 5.78 Å². The van der Waals surface area contributed by atoms with Gasteiger partial charge in [0, 0.05) is 28.9 Å². The highest BCUT2D eigenvalue weighted by Gasteiger charge is 2.36. The van der Waals surface area contributed by atoms with Crippen LogP contribution in [0.5, 0.6) is 5.75 Å². The summed E-state index contributed by atoms with van der Waals surface area (Å²) in [6.07, 6.45) is 0. The Morgan fingerprint density at radius 3 is 2.47 bits per heavy atom. The van der Waals surface area contributed by atoms with Crippen molar-refractivity contribution < 1.29 is 9.53 Å². The zero-order chi connectivity index (χ0) is 21.3. The van der Waals surface area contributed by atoms with Gasteiger partial charge >= 0.3 is 0 Å². The smallest absolute Gasteiger partial charge is 0.193 e. The van der Waals surface area contributed by atoms with E-state index in [1.54, 1.807) is 7.11 Å². The van der Waals surface area contributed by atoms with Crippen LogP contribution in [-0.2, 0) is 0 Å². The van der Waals surface area contributed by atoms with E-state index in [9.17, 15) is 4.79 Å². The average Bonchev–Trinajstić information content (AvgIpc) is 2.78. The minimum Gasteiger partial charge on any atom is -0.496 e. The second-order valence-corrected chi connectivity index (χ2v) is 7.61. The van der Waals surface area contributed by atoms with Gasteiger partial charge in [-0.2, -0.15) is 0 Å². The molecular formula is C25H24N2O2S. The fourth-order valence-corrected chi connectivity index (χ4v) is 4.55. The lowest BCUT2D eigenvalue weighted by molar-refractivity contribution is 0.102. The fourth-order valence-electron chi connectivity index (χ4n) is 4.17. The molecule has 4 rings (SSSR count). The van der Waals surface area contributed by atoms with Gasteiger partial charge in [0.25, 0.3) is 0 Å². The van der Waals surface area contributed by atoms with Crippen molar-refractivity contribution in [1.82, 2.24) is 10.2 Å². The van der Waals surface area contributed by atoms with Crippen LogP contribution < -0.4 is 10.1 Å². The Morgan fingerprint density at radius 2 is 1.77 bits per heavy atom. The first-order valence-corrected chi connectivity index (χ1v) is 10.4. The van der Waals surface area contributed by atoms with Crippen LogP contribution in [0.4, 0.5) is 0 Å². The quantitative estimate of drug-likeness (QED) is 0.454. The summed E-state index contributed by atoms with van der Waals surface area (Å²) in [5.74, 6) is 0.714. The van der Waals surface area contributed by atoms with Gasteiger partial charge in [-0.05, 0) is 42.9 Å². The van der Waals surface area contributed by atoms with Crippen molar-refractivity contribution in [2.45, 2.75) is 19.9 Å². The molecule has 0 saturated heterocycles. The van der Waals surface area contributed by atoms with E-state index in [1.807, 2.05) is 73.3 Å². The summed E-state index contributed by atoms with van der Waals surface area (Å²) in [5, 5.41) is 6.16. The Kier molecular flexibility index (Phi) is 5.55. The van der Waals surface area contributed by atoms with Crippen LogP contribution in [0, 0.1) is 0 Å². The minimum atomic E-state index is -0.408. The molecule has 152 valence electrons. The standard InChI is InChI=1S/C25H24N2O2S/c1-4-27-16(2)21(24(28)18-11-6-5-7-12-18)23(26-25(27)30)22-19-13-9-8-10-17(19)14-15-20(22)29-3/h5-15,23H,4H2,1-3H3,(H,26,30). The van der Waals surface area contributed by atoms with Crippen molar-refractivity contribution in [3.8, 4) is 5.75 Å². The molecule has 4 nitrogen and oxygen atoms in total. The van der Waals surface area contributed by atoms with Crippen molar-refractivity contribution in [3.63, 3.8) is 0 Å². The molecule has 30 heavy (non-hydrogen) atoms. The van der Waals surface area contributed by atoms with Crippen molar-refractivity contribution in [3.05, 3.63) is 89.1 Å². The largest absolute Gasteiger partial charge is 0.496 e. The Balaban J connectivity index is 1.98. The average molecular weight is 417 g/mol.